The summed E-state index contributed by atoms with van der Waals surface area (Å²) >= 11 is 0. The molecule has 150 valence electrons. The van der Waals surface area contributed by atoms with Crippen LogP contribution >= 0.6 is 12.4 Å². The molecule has 0 spiro atoms. The van der Waals surface area contributed by atoms with Crippen LogP contribution in [0.4, 0.5) is 0 Å². The Labute approximate surface area is 172 Å². The smallest absolute Gasteiger partial charge is 0.251 e. The molecule has 28 heavy (non-hydrogen) atoms. The Morgan fingerprint density at radius 3 is 2.29 bits per heavy atom. The second kappa shape index (κ2) is 10.8. The number of amides is 2. The molecule has 0 radical (unpaired) electrons. The van der Waals surface area contributed by atoms with E-state index in [4.69, 9.17) is 5.73 Å². The predicted octanol–water partition coefficient (Wildman–Crippen LogP) is 3.21. The molecule has 2 aromatic carbocycles. The maximum Gasteiger partial charge on any atom is 0.251 e. The molecule has 5 nitrogen and oxygen atoms in total. The van der Waals surface area contributed by atoms with Gasteiger partial charge in [-0.1, -0.05) is 55.0 Å². The zero-order chi connectivity index (χ0) is 19.1. The zero-order valence-corrected chi connectivity index (χ0v) is 16.7. The number of nitrogens with two attached hydrogens (primary N) is 1. The molecule has 0 heterocycles. The van der Waals surface area contributed by atoms with Gasteiger partial charge in [-0.05, 0) is 43.0 Å². The van der Waals surface area contributed by atoms with Crippen LogP contribution < -0.4 is 16.4 Å². The molecular formula is C22H28ClN3O2. The molecule has 1 saturated carbocycles. The Morgan fingerprint density at radius 1 is 1.00 bits per heavy atom. The van der Waals surface area contributed by atoms with E-state index in [0.717, 1.165) is 24.8 Å². The maximum absolute atomic E-state index is 12.7. The molecule has 2 amide bonds. The van der Waals surface area contributed by atoms with Crippen LogP contribution in [0.25, 0.3) is 0 Å². The number of hydrogen-bond acceptors (Lipinski definition) is 3. The average Bonchev–Trinajstić information content (AvgIpc) is 3.15. The van der Waals surface area contributed by atoms with Crippen LogP contribution in [0.3, 0.4) is 0 Å². The van der Waals surface area contributed by atoms with Crippen LogP contribution in [-0.2, 0) is 4.79 Å². The van der Waals surface area contributed by atoms with E-state index >= 15 is 0 Å². The standard InChI is InChI=1S/C22H27N3O2.ClH/c23-15-18-12-7-13-19(18)24-21(26)14-20(16-8-3-1-4-9-16)25-22(27)17-10-5-2-6-11-17;/h1-6,8-11,18-20H,7,12-15,23H2,(H,24,26)(H,25,27);1H. The normalized spacial score (nSPS) is 19.3. The highest BCUT2D eigenvalue weighted by Crippen LogP contribution is 2.25. The predicted molar refractivity (Wildman–Crippen MR) is 113 cm³/mol. The minimum Gasteiger partial charge on any atom is -0.353 e. The van der Waals surface area contributed by atoms with Crippen molar-refractivity contribution in [1.82, 2.24) is 10.6 Å². The molecule has 2 aromatic rings. The number of halogens is 1. The molecule has 0 bridgehead atoms. The van der Waals surface area contributed by atoms with Crippen molar-refractivity contribution >= 4 is 24.2 Å². The number of rotatable bonds is 7. The molecule has 6 heteroatoms. The molecule has 3 unspecified atom stereocenters. The van der Waals surface area contributed by atoms with E-state index in [1.54, 1.807) is 12.1 Å². The SMILES string of the molecule is Cl.NCC1CCCC1NC(=O)CC(NC(=O)c1ccccc1)c1ccccc1. The Kier molecular flexibility index (Phi) is 8.48. The fraction of sp³-hybridized carbons (Fsp3) is 0.364. The summed E-state index contributed by atoms with van der Waals surface area (Å²) in [4.78, 5) is 25.3. The van der Waals surface area contributed by atoms with Gasteiger partial charge in [-0.25, -0.2) is 0 Å². The Bertz CT molecular complexity index is 755. The van der Waals surface area contributed by atoms with Crippen molar-refractivity contribution in [3.63, 3.8) is 0 Å². The maximum atomic E-state index is 12.7. The van der Waals surface area contributed by atoms with Crippen LogP contribution in [-0.4, -0.2) is 24.4 Å². The Balaban J connectivity index is 0.00000280. The lowest BCUT2D eigenvalue weighted by molar-refractivity contribution is -0.122. The van der Waals surface area contributed by atoms with E-state index in [1.807, 2.05) is 48.5 Å². The largest absolute Gasteiger partial charge is 0.353 e. The van der Waals surface area contributed by atoms with E-state index in [1.165, 1.54) is 0 Å². The minimum absolute atomic E-state index is 0. The molecule has 3 atom stereocenters. The second-order valence-electron chi connectivity index (χ2n) is 7.11. The van der Waals surface area contributed by atoms with Crippen LogP contribution in [0.15, 0.2) is 60.7 Å². The first-order chi connectivity index (χ1) is 13.2. The lowest BCUT2D eigenvalue weighted by atomic mass is 10.0. The van der Waals surface area contributed by atoms with Gasteiger partial charge in [0.1, 0.15) is 0 Å². The molecule has 0 saturated heterocycles. The van der Waals surface area contributed by atoms with Gasteiger partial charge in [-0.3, -0.25) is 9.59 Å². The lowest BCUT2D eigenvalue weighted by Gasteiger charge is -2.23. The first kappa shape index (κ1) is 21.9. The number of nitrogens with one attached hydrogen (secondary N) is 2. The van der Waals surface area contributed by atoms with Crippen molar-refractivity contribution < 1.29 is 9.59 Å². The third-order valence-electron chi connectivity index (χ3n) is 5.24. The van der Waals surface area contributed by atoms with Gasteiger partial charge in [-0.2, -0.15) is 0 Å². The summed E-state index contributed by atoms with van der Waals surface area (Å²) in [5.74, 6) is 0.114. The molecule has 0 aliphatic heterocycles. The van der Waals surface area contributed by atoms with Gasteiger partial charge in [0.15, 0.2) is 0 Å². The summed E-state index contributed by atoms with van der Waals surface area (Å²) < 4.78 is 0. The highest BCUT2D eigenvalue weighted by molar-refractivity contribution is 5.94. The van der Waals surface area contributed by atoms with Crippen molar-refractivity contribution in [2.45, 2.75) is 37.8 Å². The van der Waals surface area contributed by atoms with Gasteiger partial charge in [-0.15, -0.1) is 12.4 Å². The summed E-state index contributed by atoms with van der Waals surface area (Å²) in [6, 6.07) is 18.4. The number of carbonyl (C=O) groups is 2. The van der Waals surface area contributed by atoms with Crippen molar-refractivity contribution in [1.29, 1.82) is 0 Å². The van der Waals surface area contributed by atoms with E-state index < -0.39 is 0 Å². The first-order valence-electron chi connectivity index (χ1n) is 9.57. The number of benzene rings is 2. The van der Waals surface area contributed by atoms with Gasteiger partial charge < -0.3 is 16.4 Å². The molecule has 3 rings (SSSR count). The summed E-state index contributed by atoms with van der Waals surface area (Å²) in [6.45, 7) is 0.595. The Hall–Kier alpha value is -2.37. The van der Waals surface area contributed by atoms with Crippen molar-refractivity contribution in [2.24, 2.45) is 11.7 Å². The average molecular weight is 402 g/mol. The van der Waals surface area contributed by atoms with E-state index in [2.05, 4.69) is 10.6 Å². The van der Waals surface area contributed by atoms with Gasteiger partial charge >= 0.3 is 0 Å². The van der Waals surface area contributed by atoms with Crippen molar-refractivity contribution in [2.75, 3.05) is 6.54 Å². The number of carbonyl (C=O) groups excluding carboxylic acids is 2. The summed E-state index contributed by atoms with van der Waals surface area (Å²) in [5.41, 5.74) is 7.31. The molecule has 1 aliphatic rings. The third kappa shape index (κ3) is 5.81. The summed E-state index contributed by atoms with van der Waals surface area (Å²) in [5, 5.41) is 6.13. The van der Waals surface area contributed by atoms with E-state index in [-0.39, 0.29) is 42.7 Å². The fourth-order valence-electron chi connectivity index (χ4n) is 3.73. The van der Waals surface area contributed by atoms with Gasteiger partial charge in [0, 0.05) is 11.6 Å². The Morgan fingerprint density at radius 2 is 1.64 bits per heavy atom. The van der Waals surface area contributed by atoms with Crippen molar-refractivity contribution in [3.8, 4) is 0 Å². The van der Waals surface area contributed by atoms with Crippen LogP contribution in [0, 0.1) is 5.92 Å². The van der Waals surface area contributed by atoms with Crippen LogP contribution in [0.1, 0.15) is 47.6 Å². The molecule has 1 aliphatic carbocycles. The fourth-order valence-corrected chi connectivity index (χ4v) is 3.73. The minimum atomic E-state index is -0.378. The van der Waals surface area contributed by atoms with Crippen molar-refractivity contribution in [3.05, 3.63) is 71.8 Å². The summed E-state index contributed by atoms with van der Waals surface area (Å²) in [6.07, 6.45) is 3.34. The van der Waals surface area contributed by atoms with E-state index in [0.29, 0.717) is 18.0 Å². The topological polar surface area (TPSA) is 84.2 Å². The first-order valence-corrected chi connectivity index (χ1v) is 9.57. The highest BCUT2D eigenvalue weighted by Gasteiger charge is 2.28. The lowest BCUT2D eigenvalue weighted by Crippen LogP contribution is -2.41. The second-order valence-corrected chi connectivity index (χ2v) is 7.11. The molecular weight excluding hydrogens is 374 g/mol. The van der Waals surface area contributed by atoms with E-state index in [9.17, 15) is 9.59 Å². The zero-order valence-electron chi connectivity index (χ0n) is 15.8. The van der Waals surface area contributed by atoms with Crippen LogP contribution in [0.5, 0.6) is 0 Å². The van der Waals surface area contributed by atoms with Gasteiger partial charge in [0.25, 0.3) is 5.91 Å². The third-order valence-corrected chi connectivity index (χ3v) is 5.24. The molecule has 0 aromatic heterocycles. The summed E-state index contributed by atoms with van der Waals surface area (Å²) in [7, 11) is 0. The molecule has 1 fully saturated rings. The van der Waals surface area contributed by atoms with Gasteiger partial charge in [0.2, 0.25) is 5.91 Å². The van der Waals surface area contributed by atoms with Gasteiger partial charge in [0.05, 0.1) is 12.5 Å². The highest BCUT2D eigenvalue weighted by atomic mass is 35.5. The van der Waals surface area contributed by atoms with Crippen LogP contribution in [0.2, 0.25) is 0 Å². The quantitative estimate of drug-likeness (QED) is 0.666. The molecule has 4 N–H and O–H groups in total. The monoisotopic (exact) mass is 401 g/mol. The number of hydrogen-bond donors (Lipinski definition) is 3.